The second-order valence-corrected chi connectivity index (χ2v) is 8.59. The summed E-state index contributed by atoms with van der Waals surface area (Å²) in [7, 11) is 4.83. The highest BCUT2D eigenvalue weighted by Gasteiger charge is 2.28. The first-order valence-corrected chi connectivity index (χ1v) is 10.8. The Balaban J connectivity index is 1.93. The van der Waals surface area contributed by atoms with Gasteiger partial charge in [-0.2, -0.15) is 0 Å². The van der Waals surface area contributed by atoms with Gasteiger partial charge in [-0.3, -0.25) is 19.3 Å². The molecule has 0 saturated heterocycles. The fraction of sp³-hybridized carbons (Fsp3) is 0.227. The van der Waals surface area contributed by atoms with Gasteiger partial charge in [0, 0.05) is 29.2 Å². The predicted octanol–water partition coefficient (Wildman–Crippen LogP) is 4.52. The van der Waals surface area contributed by atoms with Crippen LogP contribution in [0.5, 0.6) is 17.4 Å². The molecule has 2 N–H and O–H groups in total. The average molecular weight is 456 g/mol. The molecule has 4 rings (SSSR count). The topological polar surface area (TPSA) is 88.8 Å². The van der Waals surface area contributed by atoms with Crippen molar-refractivity contribution in [2.75, 3.05) is 14.2 Å². The third-order valence-electron chi connectivity index (χ3n) is 5.13. The zero-order valence-electron chi connectivity index (χ0n) is 17.2. The maximum absolute atomic E-state index is 12.8. The molecule has 2 heterocycles. The minimum atomic E-state index is -0.472. The van der Waals surface area contributed by atoms with E-state index >= 15 is 0 Å². The lowest BCUT2D eigenvalue weighted by Crippen LogP contribution is -2.23. The molecule has 0 bridgehead atoms. The van der Waals surface area contributed by atoms with Gasteiger partial charge >= 0.3 is 0 Å². The van der Waals surface area contributed by atoms with Crippen LogP contribution in [0.15, 0.2) is 57.1 Å². The number of para-hydroxylation sites is 1. The second-order valence-electron chi connectivity index (χ2n) is 6.96. The van der Waals surface area contributed by atoms with Crippen LogP contribution in [0.25, 0.3) is 0 Å². The predicted molar refractivity (Wildman–Crippen MR) is 124 cm³/mol. The van der Waals surface area contributed by atoms with E-state index in [9.17, 15) is 9.90 Å². The van der Waals surface area contributed by atoms with Crippen LogP contribution in [0, 0.1) is 4.77 Å². The van der Waals surface area contributed by atoms with Crippen LogP contribution in [-0.2, 0) is 7.05 Å². The summed E-state index contributed by atoms with van der Waals surface area (Å²) in [4.78, 5) is 21.1. The molecular weight excluding hydrogens is 434 g/mol. The van der Waals surface area contributed by atoms with Crippen molar-refractivity contribution in [3.63, 3.8) is 0 Å². The van der Waals surface area contributed by atoms with Gasteiger partial charge in [-0.25, -0.2) is 0 Å². The molecule has 1 atom stereocenters. The Morgan fingerprint density at radius 1 is 1.23 bits per heavy atom. The number of methoxy groups -OCH3 is 2. The molecule has 7 nitrogen and oxygen atoms in total. The maximum atomic E-state index is 12.8. The van der Waals surface area contributed by atoms with Crippen LogP contribution < -0.4 is 15.0 Å². The molecule has 0 spiro atoms. The van der Waals surface area contributed by atoms with Crippen molar-refractivity contribution in [2.45, 2.75) is 16.6 Å². The average Bonchev–Trinajstić information content (AvgIpc) is 2.96. The summed E-state index contributed by atoms with van der Waals surface area (Å²) in [5, 5.41) is 10.6. The lowest BCUT2D eigenvalue weighted by atomic mass is 10.0. The molecule has 9 heteroatoms. The van der Waals surface area contributed by atoms with Crippen LogP contribution >= 0.6 is 24.0 Å². The quantitative estimate of drug-likeness (QED) is 0.562. The first kappa shape index (κ1) is 21.2. The number of aromatic nitrogens is 2. The van der Waals surface area contributed by atoms with E-state index in [-0.39, 0.29) is 21.5 Å². The minimum Gasteiger partial charge on any atom is -0.497 e. The van der Waals surface area contributed by atoms with Gasteiger partial charge in [0.05, 0.1) is 25.6 Å². The van der Waals surface area contributed by atoms with Crippen molar-refractivity contribution in [1.29, 1.82) is 0 Å². The van der Waals surface area contributed by atoms with E-state index in [0.717, 1.165) is 16.1 Å². The molecule has 160 valence electrons. The molecular formula is C22H21N3O4S2. The zero-order valence-corrected chi connectivity index (χ0v) is 18.8. The van der Waals surface area contributed by atoms with Gasteiger partial charge < -0.3 is 14.6 Å². The number of aromatic hydroxyl groups is 1. The van der Waals surface area contributed by atoms with Crippen LogP contribution in [0.3, 0.4) is 0 Å². The Morgan fingerprint density at radius 3 is 2.74 bits per heavy atom. The molecule has 0 saturated carbocycles. The highest BCUT2D eigenvalue weighted by atomic mass is 32.2. The molecule has 1 aliphatic heterocycles. The number of hydrogen-bond donors (Lipinski definition) is 2. The number of H-pyrrole nitrogens is 1. The van der Waals surface area contributed by atoms with Crippen LogP contribution in [0.1, 0.15) is 22.8 Å². The van der Waals surface area contributed by atoms with Crippen molar-refractivity contribution in [3.05, 3.63) is 68.7 Å². The van der Waals surface area contributed by atoms with Crippen molar-refractivity contribution < 1.29 is 14.6 Å². The number of aliphatic imine (C=N–C) groups is 1. The highest BCUT2D eigenvalue weighted by molar-refractivity contribution is 7.99. The van der Waals surface area contributed by atoms with Gasteiger partial charge in [0.2, 0.25) is 5.88 Å². The minimum absolute atomic E-state index is 0.111. The van der Waals surface area contributed by atoms with Gasteiger partial charge in [0.15, 0.2) is 4.77 Å². The molecule has 0 fully saturated rings. The summed E-state index contributed by atoms with van der Waals surface area (Å²) in [5.74, 6) is 1.20. The summed E-state index contributed by atoms with van der Waals surface area (Å²) < 4.78 is 12.5. The Kier molecular flexibility index (Phi) is 5.88. The third-order valence-corrected chi connectivity index (χ3v) is 6.81. The molecule has 1 aliphatic rings. The monoisotopic (exact) mass is 455 g/mol. The summed E-state index contributed by atoms with van der Waals surface area (Å²) in [5.41, 5.74) is 1.75. The Morgan fingerprint density at radius 2 is 2.00 bits per heavy atom. The van der Waals surface area contributed by atoms with E-state index in [1.54, 1.807) is 33.0 Å². The second kappa shape index (κ2) is 8.60. The largest absolute Gasteiger partial charge is 0.497 e. The van der Waals surface area contributed by atoms with Gasteiger partial charge in [-0.1, -0.05) is 12.1 Å². The van der Waals surface area contributed by atoms with Gasteiger partial charge in [-0.15, -0.1) is 11.8 Å². The number of thioether (sulfide) groups is 1. The number of benzene rings is 2. The molecule has 0 aliphatic carbocycles. The molecule has 1 aromatic heterocycles. The maximum Gasteiger partial charge on any atom is 0.264 e. The molecule has 2 aromatic carbocycles. The van der Waals surface area contributed by atoms with Crippen molar-refractivity contribution in [2.24, 2.45) is 12.0 Å². The van der Waals surface area contributed by atoms with Gasteiger partial charge in [0.25, 0.3) is 5.56 Å². The lowest BCUT2D eigenvalue weighted by Gasteiger charge is -2.20. The van der Waals surface area contributed by atoms with Crippen molar-refractivity contribution >= 4 is 35.4 Å². The molecule has 0 unspecified atom stereocenters. The summed E-state index contributed by atoms with van der Waals surface area (Å²) in [6.45, 7) is 0. The molecule has 0 amide bonds. The SMILES string of the molecule is COc1ccc(OC)c([C@@H]2CC(c3c(O)n(C)c(=S)[nH]c3=O)=Nc3ccccc3S2)c1. The number of nitrogens with one attached hydrogen (secondary N) is 1. The van der Waals surface area contributed by atoms with Gasteiger partial charge in [0.1, 0.15) is 17.1 Å². The first-order valence-electron chi connectivity index (χ1n) is 9.50. The van der Waals surface area contributed by atoms with E-state index in [1.165, 1.54) is 4.57 Å². The summed E-state index contributed by atoms with van der Waals surface area (Å²) >= 11 is 6.74. The molecule has 3 aromatic rings. The van der Waals surface area contributed by atoms with E-state index < -0.39 is 5.56 Å². The number of ether oxygens (including phenoxy) is 2. The van der Waals surface area contributed by atoms with E-state index in [4.69, 9.17) is 26.7 Å². The van der Waals surface area contributed by atoms with Crippen LogP contribution in [0.2, 0.25) is 0 Å². The number of hydrogen-bond acceptors (Lipinski definition) is 7. The Labute approximate surface area is 188 Å². The Bertz CT molecular complexity index is 1300. The summed E-state index contributed by atoms with van der Waals surface area (Å²) in [6, 6.07) is 13.3. The molecule has 31 heavy (non-hydrogen) atoms. The highest BCUT2D eigenvalue weighted by Crippen LogP contribution is 2.48. The van der Waals surface area contributed by atoms with E-state index in [2.05, 4.69) is 4.98 Å². The first-order chi connectivity index (χ1) is 14.9. The van der Waals surface area contributed by atoms with Crippen LogP contribution in [0.4, 0.5) is 5.69 Å². The van der Waals surface area contributed by atoms with E-state index in [1.807, 2.05) is 42.5 Å². The number of aromatic amines is 1. The fourth-order valence-electron chi connectivity index (χ4n) is 3.50. The Hall–Kier alpha value is -3.04. The van der Waals surface area contributed by atoms with Crippen LogP contribution in [-0.4, -0.2) is 34.6 Å². The normalized spacial score (nSPS) is 15.6. The fourth-order valence-corrected chi connectivity index (χ4v) is 4.93. The zero-order chi connectivity index (χ0) is 22.1. The standard InChI is InChI=1S/C22H21N3O4S2/c1-25-21(27)19(20(26)24-22(25)30)15-11-18(31-17-7-5-4-6-14(17)23-15)13-10-12(28-2)8-9-16(13)29-3/h4-10,18,27H,11H2,1-3H3,(H,24,26,30)/t18-/m0/s1. The third kappa shape index (κ3) is 3.98. The van der Waals surface area contributed by atoms with Gasteiger partial charge in [-0.05, 0) is 42.5 Å². The number of fused-ring (bicyclic) bond motifs is 1. The number of nitrogens with zero attached hydrogens (tertiary/aromatic N) is 2. The number of rotatable bonds is 4. The van der Waals surface area contributed by atoms with E-state index in [0.29, 0.717) is 23.6 Å². The van der Waals surface area contributed by atoms with Crippen molar-refractivity contribution in [3.8, 4) is 17.4 Å². The lowest BCUT2D eigenvalue weighted by molar-refractivity contribution is 0.398. The summed E-state index contributed by atoms with van der Waals surface area (Å²) in [6.07, 6.45) is 0.385. The van der Waals surface area contributed by atoms with Crippen molar-refractivity contribution in [1.82, 2.24) is 9.55 Å². The molecule has 0 radical (unpaired) electrons. The smallest absolute Gasteiger partial charge is 0.264 e.